The van der Waals surface area contributed by atoms with Crippen LogP contribution in [0.15, 0.2) is 36.4 Å². The van der Waals surface area contributed by atoms with Crippen molar-refractivity contribution in [2.75, 3.05) is 34.5 Å². The van der Waals surface area contributed by atoms with Crippen LogP contribution in [0.4, 0.5) is 4.79 Å². The molecule has 0 bridgehead atoms. The van der Waals surface area contributed by atoms with Gasteiger partial charge >= 0.3 is 6.03 Å². The van der Waals surface area contributed by atoms with E-state index in [1.807, 2.05) is 0 Å². The van der Waals surface area contributed by atoms with Crippen molar-refractivity contribution < 1.29 is 33.3 Å². The van der Waals surface area contributed by atoms with Gasteiger partial charge in [0.2, 0.25) is 5.75 Å². The Kier molecular flexibility index (Phi) is 5.18. The molecule has 31 heavy (non-hydrogen) atoms. The number of hydrogen-bond donors (Lipinski definition) is 1. The lowest BCUT2D eigenvalue weighted by molar-refractivity contribution is -0.132. The van der Waals surface area contributed by atoms with Crippen molar-refractivity contribution in [3.8, 4) is 23.0 Å². The van der Waals surface area contributed by atoms with E-state index in [4.69, 9.17) is 18.9 Å². The van der Waals surface area contributed by atoms with Crippen LogP contribution in [-0.4, -0.2) is 57.1 Å². The predicted molar refractivity (Wildman–Crippen MR) is 109 cm³/mol. The maximum Gasteiger partial charge on any atom is 0.325 e. The molecule has 3 amide bonds. The van der Waals surface area contributed by atoms with E-state index in [9.17, 15) is 14.4 Å². The molecule has 2 aromatic carbocycles. The monoisotopic (exact) mass is 426 g/mol. The number of hydrogen-bond acceptors (Lipinski definition) is 7. The number of fused-ring (bicyclic) bond motifs is 2. The van der Waals surface area contributed by atoms with E-state index in [0.717, 1.165) is 4.90 Å². The second-order valence-corrected chi connectivity index (χ2v) is 7.16. The first-order chi connectivity index (χ1) is 14.9. The third kappa shape index (κ3) is 3.22. The average Bonchev–Trinajstić information content (AvgIpc) is 3.02. The highest BCUT2D eigenvalue weighted by atomic mass is 16.5. The van der Waals surface area contributed by atoms with Crippen molar-refractivity contribution in [1.82, 2.24) is 10.2 Å². The zero-order valence-corrected chi connectivity index (χ0v) is 17.4. The molecule has 2 heterocycles. The van der Waals surface area contributed by atoms with Crippen LogP contribution < -0.4 is 24.3 Å². The van der Waals surface area contributed by atoms with Gasteiger partial charge in [0, 0.05) is 17.5 Å². The smallest absolute Gasteiger partial charge is 0.325 e. The molecule has 2 aliphatic heterocycles. The number of para-hydroxylation sites is 1. The molecule has 1 saturated heterocycles. The van der Waals surface area contributed by atoms with Gasteiger partial charge in [0.1, 0.15) is 5.75 Å². The molecule has 162 valence electrons. The molecule has 1 fully saturated rings. The van der Waals surface area contributed by atoms with Gasteiger partial charge in [0.05, 0.1) is 34.5 Å². The number of ether oxygens (including phenoxy) is 4. The van der Waals surface area contributed by atoms with Gasteiger partial charge in [-0.25, -0.2) is 4.79 Å². The van der Waals surface area contributed by atoms with Gasteiger partial charge in [-0.1, -0.05) is 18.2 Å². The fourth-order valence-electron chi connectivity index (χ4n) is 3.99. The lowest BCUT2D eigenvalue weighted by Crippen LogP contribution is -2.47. The molecular weight excluding hydrogens is 404 g/mol. The highest BCUT2D eigenvalue weighted by Gasteiger charge is 2.55. The van der Waals surface area contributed by atoms with Crippen LogP contribution in [0.2, 0.25) is 0 Å². The fraction of sp³-hybridized carbons (Fsp3) is 0.318. The molecule has 0 saturated carbocycles. The van der Waals surface area contributed by atoms with Crippen molar-refractivity contribution in [2.24, 2.45) is 0 Å². The topological polar surface area (TPSA) is 103 Å². The summed E-state index contributed by atoms with van der Waals surface area (Å²) < 4.78 is 21.5. The number of carbonyl (C=O) groups is 3. The average molecular weight is 426 g/mol. The fourth-order valence-corrected chi connectivity index (χ4v) is 3.99. The summed E-state index contributed by atoms with van der Waals surface area (Å²) in [6.07, 6.45) is 0.281. The molecule has 9 nitrogen and oxygen atoms in total. The van der Waals surface area contributed by atoms with E-state index in [-0.39, 0.29) is 18.6 Å². The molecule has 0 unspecified atom stereocenters. The van der Waals surface area contributed by atoms with Crippen LogP contribution in [0, 0.1) is 0 Å². The molecule has 2 aliphatic rings. The molecule has 0 aromatic heterocycles. The number of nitrogens with one attached hydrogen (secondary N) is 1. The molecule has 4 rings (SSSR count). The molecule has 0 radical (unpaired) electrons. The van der Waals surface area contributed by atoms with Crippen molar-refractivity contribution in [3.05, 3.63) is 47.5 Å². The minimum atomic E-state index is -1.23. The number of methoxy groups -OCH3 is 3. The van der Waals surface area contributed by atoms with Crippen molar-refractivity contribution in [3.63, 3.8) is 0 Å². The van der Waals surface area contributed by atoms with Crippen molar-refractivity contribution in [1.29, 1.82) is 0 Å². The Balaban J connectivity index is 1.63. The molecule has 2 aromatic rings. The molecule has 1 atom stereocenters. The van der Waals surface area contributed by atoms with E-state index in [1.54, 1.807) is 24.3 Å². The predicted octanol–water partition coefficient (Wildman–Crippen LogP) is 2.12. The summed E-state index contributed by atoms with van der Waals surface area (Å²) >= 11 is 0. The second kappa shape index (κ2) is 7.82. The van der Waals surface area contributed by atoms with Crippen molar-refractivity contribution >= 4 is 17.7 Å². The largest absolute Gasteiger partial charge is 0.493 e. The minimum absolute atomic E-state index is 0.225. The van der Waals surface area contributed by atoms with Crippen LogP contribution in [0.3, 0.4) is 0 Å². The van der Waals surface area contributed by atoms with E-state index in [1.165, 1.54) is 33.5 Å². The summed E-state index contributed by atoms with van der Waals surface area (Å²) in [5, 5.41) is 2.78. The Bertz CT molecular complexity index is 1040. The van der Waals surface area contributed by atoms with Crippen molar-refractivity contribution in [2.45, 2.75) is 12.0 Å². The van der Waals surface area contributed by atoms with Crippen LogP contribution in [0.5, 0.6) is 23.0 Å². The number of amides is 3. The van der Waals surface area contributed by atoms with Crippen LogP contribution in [-0.2, 0) is 10.3 Å². The molecular formula is C22H22N2O7. The lowest BCUT2D eigenvalue weighted by Gasteiger charge is -2.33. The Labute approximate surface area is 178 Å². The minimum Gasteiger partial charge on any atom is -0.493 e. The Morgan fingerprint density at radius 1 is 1.10 bits per heavy atom. The van der Waals surface area contributed by atoms with Crippen LogP contribution >= 0.6 is 0 Å². The van der Waals surface area contributed by atoms with Gasteiger partial charge in [0.25, 0.3) is 5.91 Å². The molecule has 1 spiro atoms. The summed E-state index contributed by atoms with van der Waals surface area (Å²) in [6.45, 7) is -0.147. The second-order valence-electron chi connectivity index (χ2n) is 7.16. The molecule has 0 aliphatic carbocycles. The van der Waals surface area contributed by atoms with Gasteiger partial charge in [-0.05, 0) is 18.2 Å². The van der Waals surface area contributed by atoms with Gasteiger partial charge in [-0.3, -0.25) is 14.5 Å². The Morgan fingerprint density at radius 2 is 1.77 bits per heavy atom. The first-order valence-electron chi connectivity index (χ1n) is 9.64. The normalized spacial score (nSPS) is 19.5. The molecule has 1 N–H and O–H groups in total. The number of urea groups is 1. The number of ketones is 1. The maximum absolute atomic E-state index is 13.3. The van der Waals surface area contributed by atoms with Gasteiger partial charge in [-0.2, -0.15) is 0 Å². The van der Waals surface area contributed by atoms with E-state index in [0.29, 0.717) is 28.6 Å². The Morgan fingerprint density at radius 3 is 2.42 bits per heavy atom. The summed E-state index contributed by atoms with van der Waals surface area (Å²) in [5.74, 6) is 0.568. The summed E-state index contributed by atoms with van der Waals surface area (Å²) in [4.78, 5) is 40.0. The first kappa shape index (κ1) is 20.5. The van der Waals surface area contributed by atoms with E-state index >= 15 is 0 Å². The van der Waals surface area contributed by atoms with Gasteiger partial charge in [0.15, 0.2) is 22.8 Å². The zero-order valence-electron chi connectivity index (χ0n) is 17.4. The maximum atomic E-state index is 13.3. The zero-order chi connectivity index (χ0) is 22.2. The standard InChI is InChI=1S/C22H22N2O7/c1-28-17-10-13(11-18(29-2)19(17)30-3)15(25)12-24-20(26)22(23-21(24)27)8-9-31-16-7-5-4-6-14(16)22/h4-7,10-11H,8-9,12H2,1-3H3,(H,23,27)/t22-/m0/s1. The number of rotatable bonds is 6. The summed E-state index contributed by atoms with van der Waals surface area (Å²) in [7, 11) is 4.34. The number of carbonyl (C=O) groups excluding carboxylic acids is 3. The van der Waals surface area contributed by atoms with Gasteiger partial charge in [-0.15, -0.1) is 0 Å². The van der Waals surface area contributed by atoms with E-state index < -0.39 is 29.8 Å². The van der Waals surface area contributed by atoms with Crippen LogP contribution in [0.1, 0.15) is 22.3 Å². The Hall–Kier alpha value is -3.75. The first-order valence-corrected chi connectivity index (χ1v) is 9.64. The highest BCUT2D eigenvalue weighted by molar-refractivity contribution is 6.12. The number of Topliss-reactive ketones (excluding diaryl/α,β-unsaturated/α-hetero) is 1. The quantitative estimate of drug-likeness (QED) is 0.557. The SMILES string of the molecule is COc1cc(C(=O)CN2C(=O)N[C@]3(CCOc4ccccc43)C2=O)cc(OC)c1OC. The third-order valence-electron chi connectivity index (χ3n) is 5.55. The number of benzene rings is 2. The van der Waals surface area contributed by atoms with E-state index in [2.05, 4.69) is 5.32 Å². The summed E-state index contributed by atoms with van der Waals surface area (Å²) in [6, 6.07) is 9.42. The van der Waals surface area contributed by atoms with Gasteiger partial charge < -0.3 is 24.3 Å². The highest BCUT2D eigenvalue weighted by Crippen LogP contribution is 2.41. The molecule has 9 heteroatoms. The van der Waals surface area contributed by atoms with Crippen LogP contribution in [0.25, 0.3) is 0 Å². The summed E-state index contributed by atoms with van der Waals surface area (Å²) in [5.41, 5.74) is -0.424. The lowest BCUT2D eigenvalue weighted by atomic mass is 9.84. The number of nitrogens with zero attached hydrogens (tertiary/aromatic N) is 1. The number of imide groups is 1. The third-order valence-corrected chi connectivity index (χ3v) is 5.55.